The summed E-state index contributed by atoms with van der Waals surface area (Å²) in [5.41, 5.74) is -0.423. The third kappa shape index (κ3) is 5.68. The summed E-state index contributed by atoms with van der Waals surface area (Å²) in [7, 11) is -3.66. The number of carbonyl (C=O) groups is 4. The Hall–Kier alpha value is -4.60. The van der Waals surface area contributed by atoms with E-state index in [0.29, 0.717) is 55.5 Å². The zero-order chi connectivity index (χ0) is 31.3. The Kier molecular flexibility index (Phi) is 7.26. The SMILES string of the molecule is CS(=O)(=O)NC(=O)C12CCC(CNC(=O)c3cc(C(=O)NCc4ccc5c(c4)NC(=O)CO5)nc4c(F)cnn34)(CC1)CC2. The molecule has 4 aliphatic rings. The molecule has 0 radical (unpaired) electrons. The van der Waals surface area contributed by atoms with Crippen molar-refractivity contribution >= 4 is 45.0 Å². The third-order valence-electron chi connectivity index (χ3n) is 8.81. The number of aromatic nitrogens is 3. The summed E-state index contributed by atoms with van der Waals surface area (Å²) in [4.78, 5) is 54.9. The predicted molar refractivity (Wildman–Crippen MR) is 153 cm³/mol. The average molecular weight is 628 g/mol. The van der Waals surface area contributed by atoms with E-state index in [9.17, 15) is 32.0 Å². The summed E-state index contributed by atoms with van der Waals surface area (Å²) in [6.07, 6.45) is 5.24. The predicted octanol–water partition coefficient (Wildman–Crippen LogP) is 1.28. The normalized spacial score (nSPS) is 22.5. The van der Waals surface area contributed by atoms with Crippen LogP contribution in [0.1, 0.15) is 65.1 Å². The Morgan fingerprint density at radius 1 is 1.07 bits per heavy atom. The number of benzene rings is 1. The Bertz CT molecular complexity index is 1800. The molecule has 4 amide bonds. The lowest BCUT2D eigenvalue weighted by Crippen LogP contribution is -2.53. The number of rotatable bonds is 8. The molecular formula is C28H30FN7O7S. The van der Waals surface area contributed by atoms with Gasteiger partial charge in [0.2, 0.25) is 15.9 Å². The molecule has 232 valence electrons. The summed E-state index contributed by atoms with van der Waals surface area (Å²) >= 11 is 0. The highest BCUT2D eigenvalue weighted by Gasteiger charge is 2.52. The highest BCUT2D eigenvalue weighted by Crippen LogP contribution is 2.56. The lowest BCUT2D eigenvalue weighted by atomic mass is 9.53. The molecule has 3 fully saturated rings. The summed E-state index contributed by atoms with van der Waals surface area (Å²) in [5.74, 6) is -2.29. The Balaban J connectivity index is 1.13. The van der Waals surface area contributed by atoms with Gasteiger partial charge in [0.15, 0.2) is 18.1 Å². The Labute approximate surface area is 251 Å². The zero-order valence-electron chi connectivity index (χ0n) is 23.7. The molecule has 3 aromatic rings. The van der Waals surface area contributed by atoms with Crippen LogP contribution in [0.25, 0.3) is 5.65 Å². The van der Waals surface area contributed by atoms with E-state index >= 15 is 0 Å². The van der Waals surface area contributed by atoms with Crippen molar-refractivity contribution < 1.29 is 36.7 Å². The molecule has 7 rings (SSSR count). The van der Waals surface area contributed by atoms with Crippen LogP contribution in [0.3, 0.4) is 0 Å². The second kappa shape index (κ2) is 10.8. The maximum atomic E-state index is 14.6. The van der Waals surface area contributed by atoms with Crippen molar-refractivity contribution in [1.82, 2.24) is 30.0 Å². The van der Waals surface area contributed by atoms with Crippen molar-refractivity contribution in [2.45, 2.75) is 45.1 Å². The fourth-order valence-electron chi connectivity index (χ4n) is 6.23. The van der Waals surface area contributed by atoms with Crippen molar-refractivity contribution in [1.29, 1.82) is 0 Å². The molecule has 2 aromatic heterocycles. The number of hydrogen-bond donors (Lipinski definition) is 4. The van der Waals surface area contributed by atoms with Gasteiger partial charge < -0.3 is 20.7 Å². The van der Waals surface area contributed by atoms with E-state index in [0.717, 1.165) is 17.0 Å². The first-order valence-corrected chi connectivity index (χ1v) is 15.9. The van der Waals surface area contributed by atoms with E-state index in [1.54, 1.807) is 18.2 Å². The molecule has 16 heteroatoms. The van der Waals surface area contributed by atoms with Crippen LogP contribution in [0, 0.1) is 16.6 Å². The molecule has 2 bridgehead atoms. The van der Waals surface area contributed by atoms with Crippen LogP contribution in [0.2, 0.25) is 0 Å². The van der Waals surface area contributed by atoms with Gasteiger partial charge in [-0.2, -0.15) is 5.10 Å². The van der Waals surface area contributed by atoms with Gasteiger partial charge in [0.25, 0.3) is 17.7 Å². The van der Waals surface area contributed by atoms with Crippen LogP contribution in [0.4, 0.5) is 10.1 Å². The smallest absolute Gasteiger partial charge is 0.270 e. The monoisotopic (exact) mass is 627 g/mol. The Morgan fingerprint density at radius 3 is 2.50 bits per heavy atom. The molecule has 0 atom stereocenters. The number of fused-ring (bicyclic) bond motifs is 5. The summed E-state index contributed by atoms with van der Waals surface area (Å²) in [6, 6.07) is 6.30. The van der Waals surface area contributed by atoms with Gasteiger partial charge in [-0.05, 0) is 61.6 Å². The van der Waals surface area contributed by atoms with Crippen LogP contribution in [-0.4, -0.2) is 66.1 Å². The van der Waals surface area contributed by atoms with E-state index in [1.807, 2.05) is 0 Å². The Morgan fingerprint density at radius 2 is 1.80 bits per heavy atom. The molecule has 3 heterocycles. The second-order valence-corrected chi connectivity index (χ2v) is 13.5. The van der Waals surface area contributed by atoms with Gasteiger partial charge in [-0.25, -0.2) is 22.3 Å². The molecule has 3 aliphatic carbocycles. The second-order valence-electron chi connectivity index (χ2n) is 11.8. The summed E-state index contributed by atoms with van der Waals surface area (Å²) in [5, 5.41) is 12.2. The van der Waals surface area contributed by atoms with E-state index in [-0.39, 0.29) is 48.1 Å². The lowest BCUT2D eigenvalue weighted by molar-refractivity contribution is -0.138. The van der Waals surface area contributed by atoms with E-state index < -0.39 is 39.0 Å². The minimum absolute atomic E-state index is 0.0599. The van der Waals surface area contributed by atoms with Crippen LogP contribution >= 0.6 is 0 Å². The third-order valence-corrected chi connectivity index (χ3v) is 9.37. The quantitative estimate of drug-likeness (QED) is 0.285. The molecule has 14 nitrogen and oxygen atoms in total. The number of nitrogens with one attached hydrogen (secondary N) is 4. The van der Waals surface area contributed by atoms with Gasteiger partial charge in [-0.3, -0.25) is 23.9 Å². The highest BCUT2D eigenvalue weighted by atomic mass is 32.2. The maximum absolute atomic E-state index is 14.6. The number of carbonyl (C=O) groups excluding carboxylic acids is 4. The fourth-order valence-corrected chi connectivity index (χ4v) is 6.78. The molecule has 1 aromatic carbocycles. The van der Waals surface area contributed by atoms with Gasteiger partial charge in [0, 0.05) is 19.2 Å². The number of hydrogen-bond acceptors (Lipinski definition) is 9. The maximum Gasteiger partial charge on any atom is 0.270 e. The fraction of sp³-hybridized carbons (Fsp3) is 0.429. The first-order chi connectivity index (χ1) is 20.9. The van der Waals surface area contributed by atoms with E-state index in [2.05, 4.69) is 30.8 Å². The first kappa shape index (κ1) is 29.5. The topological polar surface area (TPSA) is 190 Å². The molecule has 1 aliphatic heterocycles. The molecular weight excluding hydrogens is 597 g/mol. The minimum atomic E-state index is -3.66. The van der Waals surface area contributed by atoms with Gasteiger partial charge in [0.1, 0.15) is 17.1 Å². The number of nitrogens with zero attached hydrogens (tertiary/aromatic N) is 3. The average Bonchev–Trinajstić information content (AvgIpc) is 3.38. The number of ether oxygens (including phenoxy) is 1. The number of halogens is 1. The standard InChI is InChI=1S/C28H30FN7O7S/c1-44(41,42)35-26(40)28-7-4-27(5-8-28,6-9-28)15-31-25(39)20-11-19(34-23-17(29)13-32-36(20)23)24(38)30-12-16-2-3-21-18(10-16)33-22(37)14-43-21/h2-3,10-11,13H,4-9,12,14-15H2,1H3,(H,30,38)(H,31,39)(H,33,37)(H,35,40). The number of anilines is 1. The van der Waals surface area contributed by atoms with Crippen molar-refractivity contribution in [3.63, 3.8) is 0 Å². The van der Waals surface area contributed by atoms with E-state index in [1.165, 1.54) is 6.07 Å². The lowest BCUT2D eigenvalue weighted by Gasteiger charge is -2.52. The van der Waals surface area contributed by atoms with Crippen molar-refractivity contribution in [2.24, 2.45) is 10.8 Å². The molecule has 3 saturated carbocycles. The first-order valence-electron chi connectivity index (χ1n) is 14.0. The van der Waals surface area contributed by atoms with Crippen LogP contribution < -0.4 is 25.4 Å². The molecule has 0 saturated heterocycles. The van der Waals surface area contributed by atoms with Gasteiger partial charge in [-0.15, -0.1) is 0 Å². The van der Waals surface area contributed by atoms with E-state index in [4.69, 9.17) is 4.74 Å². The van der Waals surface area contributed by atoms with Gasteiger partial charge in [-0.1, -0.05) is 6.07 Å². The largest absolute Gasteiger partial charge is 0.482 e. The highest BCUT2D eigenvalue weighted by molar-refractivity contribution is 7.89. The van der Waals surface area contributed by atoms with Crippen molar-refractivity contribution in [3.05, 3.63) is 53.2 Å². The molecule has 44 heavy (non-hydrogen) atoms. The molecule has 4 N–H and O–H groups in total. The van der Waals surface area contributed by atoms with Crippen molar-refractivity contribution in [3.8, 4) is 5.75 Å². The zero-order valence-corrected chi connectivity index (χ0v) is 24.6. The molecule has 0 spiro atoms. The van der Waals surface area contributed by atoms with Crippen LogP contribution in [-0.2, 0) is 26.2 Å². The minimum Gasteiger partial charge on any atom is -0.482 e. The summed E-state index contributed by atoms with van der Waals surface area (Å²) in [6.45, 7) is 0.264. The molecule has 0 unspecified atom stereocenters. The number of sulfonamides is 1. The number of amides is 4. The van der Waals surface area contributed by atoms with Crippen LogP contribution in [0.5, 0.6) is 5.75 Å². The van der Waals surface area contributed by atoms with Gasteiger partial charge >= 0.3 is 0 Å². The van der Waals surface area contributed by atoms with Crippen molar-refractivity contribution in [2.75, 3.05) is 24.7 Å². The van der Waals surface area contributed by atoms with Gasteiger partial charge in [0.05, 0.1) is 23.6 Å². The summed E-state index contributed by atoms with van der Waals surface area (Å²) < 4.78 is 46.2. The van der Waals surface area contributed by atoms with Crippen LogP contribution in [0.15, 0.2) is 30.5 Å².